The molecule has 1 amide bonds. The lowest BCUT2D eigenvalue weighted by atomic mass is 9.86. The van der Waals surface area contributed by atoms with Crippen LogP contribution in [0.5, 0.6) is 0 Å². The predicted molar refractivity (Wildman–Crippen MR) is 127 cm³/mol. The van der Waals surface area contributed by atoms with Gasteiger partial charge in [-0.05, 0) is 63.0 Å². The summed E-state index contributed by atoms with van der Waals surface area (Å²) >= 11 is 1.38. The Hall–Kier alpha value is -2.08. The van der Waals surface area contributed by atoms with Crippen LogP contribution in [0.25, 0.3) is 10.9 Å². The Morgan fingerprint density at radius 2 is 2.03 bits per heavy atom. The van der Waals surface area contributed by atoms with Gasteiger partial charge in [0.15, 0.2) is 5.16 Å². The lowest BCUT2D eigenvalue weighted by molar-refractivity contribution is -0.119. The number of benzene rings is 1. The Kier molecular flexibility index (Phi) is 7.49. The molecule has 2 aliphatic carbocycles. The van der Waals surface area contributed by atoms with Gasteiger partial charge < -0.3 is 5.32 Å². The molecule has 5 nitrogen and oxygen atoms in total. The van der Waals surface area contributed by atoms with E-state index in [1.54, 1.807) is 4.57 Å². The summed E-state index contributed by atoms with van der Waals surface area (Å²) in [6.07, 6.45) is 12.6. The molecular weight excluding hydrogens is 406 g/mol. The maximum atomic E-state index is 13.2. The first-order valence-corrected chi connectivity index (χ1v) is 12.7. The van der Waals surface area contributed by atoms with Crippen LogP contribution in [-0.4, -0.2) is 27.3 Å². The number of hydrogen-bond donors (Lipinski definition) is 1. The molecule has 2 aromatic rings. The molecule has 2 atom stereocenters. The predicted octanol–water partition coefficient (Wildman–Crippen LogP) is 5.07. The van der Waals surface area contributed by atoms with Crippen LogP contribution in [0, 0.1) is 5.92 Å². The first-order chi connectivity index (χ1) is 15.1. The van der Waals surface area contributed by atoms with Gasteiger partial charge in [-0.2, -0.15) is 0 Å². The summed E-state index contributed by atoms with van der Waals surface area (Å²) in [4.78, 5) is 30.6. The van der Waals surface area contributed by atoms with Crippen molar-refractivity contribution in [2.24, 2.45) is 5.92 Å². The van der Waals surface area contributed by atoms with E-state index in [0.29, 0.717) is 28.5 Å². The lowest BCUT2D eigenvalue weighted by Crippen LogP contribution is -2.42. The van der Waals surface area contributed by atoms with E-state index in [0.717, 1.165) is 25.7 Å². The zero-order valence-electron chi connectivity index (χ0n) is 18.4. The third-order valence-corrected chi connectivity index (χ3v) is 7.63. The number of rotatable bonds is 7. The highest BCUT2D eigenvalue weighted by atomic mass is 32.2. The molecule has 1 aromatic carbocycles. The third kappa shape index (κ3) is 5.59. The van der Waals surface area contributed by atoms with Crippen LogP contribution in [-0.2, 0) is 11.3 Å². The number of carbonyl (C=O) groups excluding carboxylic acids is 1. The van der Waals surface area contributed by atoms with Crippen molar-refractivity contribution in [1.29, 1.82) is 0 Å². The number of allylic oxidation sites excluding steroid dienone is 2. The standard InChI is InChI=1S/C25H33N3O2S/c1-18-9-5-7-13-21(18)26-23(29)17-31-25-27-22-14-8-6-12-20(22)24(30)28(25)16-15-19-10-3-2-4-11-19/h6,8,10,12,14,18,21H,2-5,7,9,11,13,15-17H2,1H3,(H,26,29). The number of nitrogens with one attached hydrogen (secondary N) is 1. The first-order valence-electron chi connectivity index (χ1n) is 11.7. The maximum Gasteiger partial charge on any atom is 0.262 e. The Morgan fingerprint density at radius 3 is 2.84 bits per heavy atom. The van der Waals surface area contributed by atoms with E-state index in [1.165, 1.54) is 49.4 Å². The third-order valence-electron chi connectivity index (χ3n) is 6.66. The molecule has 2 aliphatic rings. The van der Waals surface area contributed by atoms with E-state index >= 15 is 0 Å². The molecule has 1 heterocycles. The molecule has 0 bridgehead atoms. The molecule has 1 saturated carbocycles. The minimum Gasteiger partial charge on any atom is -0.352 e. The van der Waals surface area contributed by atoms with Gasteiger partial charge in [-0.3, -0.25) is 14.2 Å². The number of amides is 1. The Balaban J connectivity index is 1.50. The minimum atomic E-state index is -0.00850. The zero-order chi connectivity index (χ0) is 21.6. The monoisotopic (exact) mass is 439 g/mol. The number of aromatic nitrogens is 2. The Bertz CT molecular complexity index is 1010. The van der Waals surface area contributed by atoms with E-state index in [1.807, 2.05) is 24.3 Å². The number of fused-ring (bicyclic) bond motifs is 1. The Labute approximate surface area is 188 Å². The SMILES string of the molecule is CC1CCCCC1NC(=O)CSc1nc2ccccc2c(=O)n1CCC1=CCCCC1. The van der Waals surface area contributed by atoms with E-state index in [4.69, 9.17) is 4.98 Å². The second-order valence-corrected chi connectivity index (χ2v) is 9.89. The van der Waals surface area contributed by atoms with Crippen molar-refractivity contribution < 1.29 is 4.79 Å². The molecular formula is C25H33N3O2S. The number of thioether (sulfide) groups is 1. The molecule has 6 heteroatoms. The maximum absolute atomic E-state index is 13.2. The first kappa shape index (κ1) is 22.1. The van der Waals surface area contributed by atoms with E-state index in [2.05, 4.69) is 18.3 Å². The summed E-state index contributed by atoms with van der Waals surface area (Å²) < 4.78 is 1.78. The van der Waals surface area contributed by atoms with Gasteiger partial charge in [-0.1, -0.05) is 55.3 Å². The highest BCUT2D eigenvalue weighted by Crippen LogP contribution is 2.25. The van der Waals surface area contributed by atoms with E-state index in [-0.39, 0.29) is 23.3 Å². The van der Waals surface area contributed by atoms with Crippen LogP contribution in [0.2, 0.25) is 0 Å². The van der Waals surface area contributed by atoms with Crippen molar-refractivity contribution in [2.75, 3.05) is 5.75 Å². The van der Waals surface area contributed by atoms with Gasteiger partial charge in [0.05, 0.1) is 16.7 Å². The van der Waals surface area contributed by atoms with E-state index in [9.17, 15) is 9.59 Å². The highest BCUT2D eigenvalue weighted by molar-refractivity contribution is 7.99. The van der Waals surface area contributed by atoms with Crippen LogP contribution >= 0.6 is 11.8 Å². The molecule has 0 aliphatic heterocycles. The van der Waals surface area contributed by atoms with Gasteiger partial charge in [0.25, 0.3) is 5.56 Å². The molecule has 0 radical (unpaired) electrons. The van der Waals surface area contributed by atoms with Crippen LogP contribution in [0.3, 0.4) is 0 Å². The molecule has 1 aromatic heterocycles. The molecule has 0 saturated heterocycles. The lowest BCUT2D eigenvalue weighted by Gasteiger charge is -2.29. The molecule has 1 N–H and O–H groups in total. The van der Waals surface area contributed by atoms with Crippen LogP contribution in [0.15, 0.2) is 45.9 Å². The van der Waals surface area contributed by atoms with Crippen LogP contribution < -0.4 is 10.9 Å². The van der Waals surface area contributed by atoms with Gasteiger partial charge in [0, 0.05) is 12.6 Å². The van der Waals surface area contributed by atoms with Crippen LogP contribution in [0.1, 0.15) is 64.7 Å². The quantitative estimate of drug-likeness (QED) is 0.371. The smallest absolute Gasteiger partial charge is 0.262 e. The number of carbonyl (C=O) groups is 1. The fourth-order valence-corrected chi connectivity index (χ4v) is 5.59. The summed E-state index contributed by atoms with van der Waals surface area (Å²) in [7, 11) is 0. The molecule has 2 unspecified atom stereocenters. The topological polar surface area (TPSA) is 64.0 Å². The summed E-state index contributed by atoms with van der Waals surface area (Å²) in [5.74, 6) is 0.854. The minimum absolute atomic E-state index is 0.00850. The number of para-hydroxylation sites is 1. The average molecular weight is 440 g/mol. The molecule has 1 fully saturated rings. The summed E-state index contributed by atoms with van der Waals surface area (Å²) in [5, 5.41) is 4.50. The van der Waals surface area contributed by atoms with Crippen molar-refractivity contribution >= 4 is 28.6 Å². The van der Waals surface area contributed by atoms with Crippen molar-refractivity contribution in [3.63, 3.8) is 0 Å². The fourth-order valence-electron chi connectivity index (χ4n) is 4.75. The summed E-state index contributed by atoms with van der Waals surface area (Å²) in [6, 6.07) is 7.76. The van der Waals surface area contributed by atoms with Crippen molar-refractivity contribution in [3.8, 4) is 0 Å². The van der Waals surface area contributed by atoms with Gasteiger partial charge in [0.1, 0.15) is 0 Å². The average Bonchev–Trinajstić information content (AvgIpc) is 2.79. The van der Waals surface area contributed by atoms with E-state index < -0.39 is 0 Å². The normalized spacial score (nSPS) is 21.6. The largest absolute Gasteiger partial charge is 0.352 e. The van der Waals surface area contributed by atoms with Crippen molar-refractivity contribution in [2.45, 2.75) is 82.5 Å². The van der Waals surface area contributed by atoms with Gasteiger partial charge in [-0.25, -0.2) is 4.98 Å². The zero-order valence-corrected chi connectivity index (χ0v) is 19.3. The van der Waals surface area contributed by atoms with Gasteiger partial charge in [-0.15, -0.1) is 0 Å². The van der Waals surface area contributed by atoms with Crippen molar-refractivity contribution in [3.05, 3.63) is 46.3 Å². The summed E-state index contributed by atoms with van der Waals surface area (Å²) in [6.45, 7) is 2.84. The number of hydrogen-bond acceptors (Lipinski definition) is 4. The second kappa shape index (κ2) is 10.5. The van der Waals surface area contributed by atoms with Gasteiger partial charge in [0.2, 0.25) is 5.91 Å². The molecule has 4 rings (SSSR count). The molecule has 31 heavy (non-hydrogen) atoms. The Morgan fingerprint density at radius 1 is 1.19 bits per heavy atom. The highest BCUT2D eigenvalue weighted by Gasteiger charge is 2.23. The van der Waals surface area contributed by atoms with Gasteiger partial charge >= 0.3 is 0 Å². The molecule has 166 valence electrons. The summed E-state index contributed by atoms with van der Waals surface area (Å²) in [5.41, 5.74) is 2.13. The molecule has 0 spiro atoms. The fraction of sp³-hybridized carbons (Fsp3) is 0.560. The number of nitrogens with zero attached hydrogens (tertiary/aromatic N) is 2. The van der Waals surface area contributed by atoms with Crippen molar-refractivity contribution in [1.82, 2.24) is 14.9 Å². The van der Waals surface area contributed by atoms with Crippen LogP contribution in [0.4, 0.5) is 0 Å². The second-order valence-electron chi connectivity index (χ2n) is 8.95.